The van der Waals surface area contributed by atoms with Gasteiger partial charge in [0, 0.05) is 43.5 Å². The number of rotatable bonds is 8. The van der Waals surface area contributed by atoms with Crippen molar-refractivity contribution in [1.29, 1.82) is 5.26 Å². The van der Waals surface area contributed by atoms with Crippen LogP contribution in [0.3, 0.4) is 0 Å². The first kappa shape index (κ1) is 32.1. The van der Waals surface area contributed by atoms with Crippen molar-refractivity contribution in [2.45, 2.75) is 68.9 Å². The van der Waals surface area contributed by atoms with Crippen molar-refractivity contribution in [2.75, 3.05) is 24.7 Å². The summed E-state index contributed by atoms with van der Waals surface area (Å²) >= 11 is 6.58. The van der Waals surface area contributed by atoms with Crippen molar-refractivity contribution in [1.82, 2.24) is 29.4 Å². The van der Waals surface area contributed by atoms with Gasteiger partial charge in [0.2, 0.25) is 16.0 Å². The molecular formula is C28H32ClF3N8O3S. The zero-order valence-electron chi connectivity index (χ0n) is 23.8. The number of nitrogens with one attached hydrogen (secondary N) is 2. The number of halogens is 4. The summed E-state index contributed by atoms with van der Waals surface area (Å²) in [7, 11) is -3.24. The number of nitriles is 1. The molecule has 236 valence electrons. The van der Waals surface area contributed by atoms with Crippen molar-refractivity contribution in [3.05, 3.63) is 52.9 Å². The number of nitrogens with zero attached hydrogens (tertiary/aromatic N) is 6. The van der Waals surface area contributed by atoms with Gasteiger partial charge in [0.05, 0.1) is 40.6 Å². The van der Waals surface area contributed by atoms with Crippen molar-refractivity contribution in [3.63, 3.8) is 0 Å². The van der Waals surface area contributed by atoms with E-state index >= 15 is 0 Å². The first-order valence-corrected chi connectivity index (χ1v) is 16.3. The predicted molar refractivity (Wildman–Crippen MR) is 157 cm³/mol. The zero-order valence-corrected chi connectivity index (χ0v) is 25.4. The molecule has 2 aromatic heterocycles. The molecule has 3 N–H and O–H groups in total. The molecule has 0 amide bonds. The summed E-state index contributed by atoms with van der Waals surface area (Å²) in [4.78, 5) is 8.82. The Bertz CT molecular complexity index is 1640. The Morgan fingerprint density at radius 1 is 1.16 bits per heavy atom. The number of benzene rings is 1. The summed E-state index contributed by atoms with van der Waals surface area (Å²) in [5.74, 6) is 0.320. The molecule has 0 spiro atoms. The topological polar surface area (TPSA) is 149 Å². The highest BCUT2D eigenvalue weighted by Gasteiger charge is 2.54. The monoisotopic (exact) mass is 652 g/mol. The quantitative estimate of drug-likeness (QED) is 0.328. The number of alkyl halides is 3. The van der Waals surface area contributed by atoms with Crippen LogP contribution >= 0.6 is 11.6 Å². The summed E-state index contributed by atoms with van der Waals surface area (Å²) < 4.78 is 65.8. The molecule has 1 aromatic carbocycles. The minimum atomic E-state index is -4.63. The van der Waals surface area contributed by atoms with Crippen LogP contribution in [0.2, 0.25) is 5.02 Å². The number of anilines is 1. The fourth-order valence-corrected chi connectivity index (χ4v) is 6.70. The van der Waals surface area contributed by atoms with Crippen LogP contribution < -0.4 is 10.6 Å². The van der Waals surface area contributed by atoms with Crippen molar-refractivity contribution in [2.24, 2.45) is 0 Å². The van der Waals surface area contributed by atoms with E-state index in [-0.39, 0.29) is 43.3 Å². The van der Waals surface area contributed by atoms with Gasteiger partial charge in [-0.05, 0) is 56.2 Å². The molecule has 2 fully saturated rings. The molecule has 0 atom stereocenters. The maximum Gasteiger partial charge on any atom is 0.417 e. The fraction of sp³-hybridized carbons (Fsp3) is 0.500. The van der Waals surface area contributed by atoms with Gasteiger partial charge >= 0.3 is 6.18 Å². The second-order valence-electron chi connectivity index (χ2n) is 11.3. The van der Waals surface area contributed by atoms with E-state index in [1.807, 2.05) is 6.07 Å². The molecule has 0 bridgehead atoms. The first-order chi connectivity index (χ1) is 20.8. The minimum Gasteiger partial charge on any atom is -0.380 e. The number of hydrogen-bond donors (Lipinski definition) is 3. The molecule has 1 saturated carbocycles. The van der Waals surface area contributed by atoms with Crippen LogP contribution in [0, 0.1) is 11.3 Å². The van der Waals surface area contributed by atoms with Crippen LogP contribution in [0.25, 0.3) is 16.9 Å². The van der Waals surface area contributed by atoms with E-state index in [9.17, 15) is 32.0 Å². The van der Waals surface area contributed by atoms with Gasteiger partial charge in [0.15, 0.2) is 5.60 Å². The third-order valence-electron chi connectivity index (χ3n) is 8.22. The fourth-order valence-electron chi connectivity index (χ4n) is 5.54. The number of sulfonamides is 1. The number of aromatic nitrogens is 4. The Morgan fingerprint density at radius 2 is 1.86 bits per heavy atom. The van der Waals surface area contributed by atoms with Gasteiger partial charge < -0.3 is 15.7 Å². The second-order valence-corrected chi connectivity index (χ2v) is 13.7. The smallest absolute Gasteiger partial charge is 0.380 e. The normalized spacial score (nSPS) is 22.1. The van der Waals surface area contributed by atoms with E-state index < -0.39 is 21.8 Å². The Labute approximate surface area is 258 Å². The van der Waals surface area contributed by atoms with E-state index in [0.29, 0.717) is 60.4 Å². The van der Waals surface area contributed by atoms with Crippen LogP contribution in [0.15, 0.2) is 36.8 Å². The van der Waals surface area contributed by atoms with Crippen LogP contribution in [0.1, 0.15) is 49.7 Å². The van der Waals surface area contributed by atoms with E-state index in [1.165, 1.54) is 16.8 Å². The largest absolute Gasteiger partial charge is 0.417 e. The Hall–Kier alpha value is -3.29. The van der Waals surface area contributed by atoms with Crippen molar-refractivity contribution in [3.8, 4) is 23.0 Å². The van der Waals surface area contributed by atoms with Gasteiger partial charge in [0.1, 0.15) is 6.07 Å². The van der Waals surface area contributed by atoms with Gasteiger partial charge in [-0.15, -0.1) is 0 Å². The molecule has 5 rings (SSSR count). The summed E-state index contributed by atoms with van der Waals surface area (Å²) in [6.45, 7) is 1.19. The Kier molecular flexibility index (Phi) is 9.20. The predicted octanol–water partition coefficient (Wildman–Crippen LogP) is 4.02. The molecule has 3 heterocycles. The lowest BCUT2D eigenvalue weighted by Gasteiger charge is -2.37. The molecule has 3 aromatic rings. The lowest BCUT2D eigenvalue weighted by atomic mass is 9.81. The Balaban J connectivity index is 1.23. The van der Waals surface area contributed by atoms with Crippen molar-refractivity contribution < 1.29 is 26.7 Å². The minimum absolute atomic E-state index is 0.0236. The number of piperidine rings is 1. The van der Waals surface area contributed by atoms with Gasteiger partial charge in [-0.1, -0.05) is 17.7 Å². The Morgan fingerprint density at radius 3 is 2.48 bits per heavy atom. The maximum atomic E-state index is 13.1. The van der Waals surface area contributed by atoms with Crippen LogP contribution in [0.4, 0.5) is 19.1 Å². The third kappa shape index (κ3) is 7.16. The summed E-state index contributed by atoms with van der Waals surface area (Å²) in [6.07, 6.45) is 2.20. The maximum absolute atomic E-state index is 13.1. The third-order valence-corrected chi connectivity index (χ3v) is 9.82. The molecule has 11 nitrogen and oxygen atoms in total. The summed E-state index contributed by atoms with van der Waals surface area (Å²) in [5.41, 5.74) is 0.00638. The van der Waals surface area contributed by atoms with Crippen molar-refractivity contribution >= 4 is 27.6 Å². The molecular weight excluding hydrogens is 621 g/mol. The highest BCUT2D eigenvalue weighted by Crippen LogP contribution is 2.41. The van der Waals surface area contributed by atoms with E-state index in [2.05, 4.69) is 31.8 Å². The number of aliphatic hydroxyl groups is 1. The van der Waals surface area contributed by atoms with Crippen LogP contribution in [-0.2, 0) is 16.6 Å². The van der Waals surface area contributed by atoms with Crippen LogP contribution in [0.5, 0.6) is 0 Å². The van der Waals surface area contributed by atoms with Gasteiger partial charge in [0.25, 0.3) is 0 Å². The highest BCUT2D eigenvalue weighted by molar-refractivity contribution is 7.88. The molecule has 2 aliphatic rings. The molecule has 1 aliphatic carbocycles. The molecule has 44 heavy (non-hydrogen) atoms. The van der Waals surface area contributed by atoms with Crippen LogP contribution in [-0.4, -0.2) is 80.8 Å². The lowest BCUT2D eigenvalue weighted by molar-refractivity contribution is -0.270. The van der Waals surface area contributed by atoms with Gasteiger partial charge in [-0.3, -0.25) is 0 Å². The first-order valence-electron chi connectivity index (χ1n) is 14.1. The summed E-state index contributed by atoms with van der Waals surface area (Å²) in [6, 6.07) is 7.30. The molecule has 1 saturated heterocycles. The highest BCUT2D eigenvalue weighted by atomic mass is 35.5. The van der Waals surface area contributed by atoms with E-state index in [1.54, 1.807) is 29.2 Å². The van der Waals surface area contributed by atoms with Gasteiger partial charge in [-0.25, -0.2) is 27.4 Å². The second kappa shape index (κ2) is 12.6. The van der Waals surface area contributed by atoms with E-state index in [4.69, 9.17) is 11.6 Å². The molecule has 0 radical (unpaired) electrons. The average Bonchev–Trinajstić information content (AvgIpc) is 3.46. The van der Waals surface area contributed by atoms with Gasteiger partial charge in [-0.2, -0.15) is 23.5 Å². The SMILES string of the molecule is CS(=O)(=O)N1CCC(Nc2ncc(C#N)c(-c3cnn(-c4ccc(CN[C@H]5CC[C@](O)(C(F)(F)F)CC5)cc4Cl)c3)n2)CC1. The average molecular weight is 653 g/mol. The zero-order chi connectivity index (χ0) is 31.7. The molecule has 0 unspecified atom stereocenters. The molecule has 1 aliphatic heterocycles. The molecule has 16 heteroatoms. The summed E-state index contributed by atoms with van der Waals surface area (Å²) in [5, 5.41) is 30.9. The number of hydrogen-bond acceptors (Lipinski definition) is 9. The van der Waals surface area contributed by atoms with E-state index in [0.717, 1.165) is 5.56 Å². The lowest BCUT2D eigenvalue weighted by Crippen LogP contribution is -2.50. The standard InChI is InChI=1S/C28H32ClF3N8O3S/c1-44(42,43)39-10-6-22(7-11-39)37-26-35-15-19(13-33)25(38-26)20-16-36-40(17-20)24-3-2-18(12-23(24)29)14-34-21-4-8-27(41,9-5-21)28(30,31)32/h2-3,12,15-17,21-22,34,41H,4-11,14H2,1H3,(H,35,37,38)/t21-,27+.